The summed E-state index contributed by atoms with van der Waals surface area (Å²) in [5.74, 6) is -1.31. The SMILES string of the molecule is COc1cccc(/C=C2\SC(=O)N(Cc3ccc([N+](=O)[O-])cc3)C2=O)c1OCC(=O)O. The van der Waals surface area contributed by atoms with E-state index in [-0.39, 0.29) is 28.6 Å². The highest BCUT2D eigenvalue weighted by atomic mass is 32.2. The lowest BCUT2D eigenvalue weighted by molar-refractivity contribution is -0.384. The highest BCUT2D eigenvalue weighted by Crippen LogP contribution is 2.38. The lowest BCUT2D eigenvalue weighted by Crippen LogP contribution is -2.27. The number of hydrogen-bond donors (Lipinski definition) is 1. The number of ether oxygens (including phenoxy) is 2. The molecule has 2 aromatic carbocycles. The molecule has 1 aliphatic heterocycles. The number of rotatable bonds is 8. The summed E-state index contributed by atoms with van der Waals surface area (Å²) in [7, 11) is 1.39. The monoisotopic (exact) mass is 444 g/mol. The number of imide groups is 1. The van der Waals surface area contributed by atoms with E-state index in [0.29, 0.717) is 11.1 Å². The van der Waals surface area contributed by atoms with Gasteiger partial charge in [0.1, 0.15) is 0 Å². The zero-order chi connectivity index (χ0) is 22.5. The molecule has 0 bridgehead atoms. The molecule has 3 rings (SSSR count). The predicted molar refractivity (Wildman–Crippen MR) is 111 cm³/mol. The van der Waals surface area contributed by atoms with Crippen molar-refractivity contribution in [2.75, 3.05) is 13.7 Å². The number of methoxy groups -OCH3 is 1. The summed E-state index contributed by atoms with van der Waals surface area (Å²) in [6.07, 6.45) is 1.43. The third kappa shape index (κ3) is 5.01. The first-order chi connectivity index (χ1) is 14.8. The van der Waals surface area contributed by atoms with E-state index in [1.807, 2.05) is 0 Å². The molecule has 0 atom stereocenters. The van der Waals surface area contributed by atoms with Gasteiger partial charge in [-0.3, -0.25) is 24.6 Å². The van der Waals surface area contributed by atoms with Crippen LogP contribution in [0.4, 0.5) is 10.5 Å². The van der Waals surface area contributed by atoms with Gasteiger partial charge in [-0.1, -0.05) is 24.3 Å². The molecular formula is C20H16N2O8S. The van der Waals surface area contributed by atoms with Crippen LogP contribution in [0.1, 0.15) is 11.1 Å². The maximum atomic E-state index is 12.8. The van der Waals surface area contributed by atoms with Crippen LogP contribution in [0.25, 0.3) is 6.08 Å². The number of carbonyl (C=O) groups is 3. The van der Waals surface area contributed by atoms with Gasteiger partial charge in [-0.15, -0.1) is 0 Å². The minimum atomic E-state index is -1.18. The number of thioether (sulfide) groups is 1. The van der Waals surface area contributed by atoms with E-state index >= 15 is 0 Å². The van der Waals surface area contributed by atoms with Crippen LogP contribution in [-0.4, -0.2) is 45.8 Å². The molecule has 1 heterocycles. The molecule has 0 aliphatic carbocycles. The molecule has 0 spiro atoms. The topological polar surface area (TPSA) is 136 Å². The van der Waals surface area contributed by atoms with Crippen LogP contribution < -0.4 is 9.47 Å². The number of aliphatic carboxylic acids is 1. The minimum absolute atomic E-state index is 0.0412. The standard InChI is InChI=1S/C20H16N2O8S/c1-29-15-4-2-3-13(18(15)30-11-17(23)24)9-16-19(25)21(20(26)31-16)10-12-5-7-14(8-6-12)22(27)28/h2-9H,10-11H2,1H3,(H,23,24)/b16-9-. The van der Waals surface area contributed by atoms with Crippen LogP contribution in [0.2, 0.25) is 0 Å². The van der Waals surface area contributed by atoms with E-state index < -0.39 is 28.6 Å². The van der Waals surface area contributed by atoms with E-state index in [2.05, 4.69) is 0 Å². The van der Waals surface area contributed by atoms with Crippen molar-refractivity contribution in [2.45, 2.75) is 6.54 Å². The highest BCUT2D eigenvalue weighted by molar-refractivity contribution is 8.18. The van der Waals surface area contributed by atoms with Gasteiger partial charge in [-0.25, -0.2) is 4.79 Å². The molecule has 0 saturated carbocycles. The summed E-state index contributed by atoms with van der Waals surface area (Å²) < 4.78 is 10.5. The van der Waals surface area contributed by atoms with Gasteiger partial charge in [0.25, 0.3) is 16.8 Å². The van der Waals surface area contributed by atoms with Gasteiger partial charge < -0.3 is 14.6 Å². The maximum absolute atomic E-state index is 12.8. The Hall–Kier alpha value is -3.86. The van der Waals surface area contributed by atoms with Crippen molar-refractivity contribution in [1.82, 2.24) is 4.90 Å². The van der Waals surface area contributed by atoms with Crippen LogP contribution in [-0.2, 0) is 16.1 Å². The van der Waals surface area contributed by atoms with Gasteiger partial charge in [0, 0.05) is 17.7 Å². The first kappa shape index (κ1) is 21.8. The Morgan fingerprint density at radius 2 is 1.94 bits per heavy atom. The molecule has 0 radical (unpaired) electrons. The molecular weight excluding hydrogens is 428 g/mol. The molecule has 0 aromatic heterocycles. The zero-order valence-corrected chi connectivity index (χ0v) is 17.0. The molecule has 1 fully saturated rings. The molecule has 10 nitrogen and oxygen atoms in total. The third-order valence-corrected chi connectivity index (χ3v) is 5.12. The summed E-state index contributed by atoms with van der Waals surface area (Å²) in [5.41, 5.74) is 0.840. The highest BCUT2D eigenvalue weighted by Gasteiger charge is 2.35. The fourth-order valence-corrected chi connectivity index (χ4v) is 3.61. The molecule has 0 unspecified atom stereocenters. The van der Waals surface area contributed by atoms with Crippen molar-refractivity contribution in [3.05, 3.63) is 68.6 Å². The summed E-state index contributed by atoms with van der Waals surface area (Å²) in [5, 5.41) is 19.1. The van der Waals surface area contributed by atoms with E-state index in [4.69, 9.17) is 14.6 Å². The van der Waals surface area contributed by atoms with Crippen LogP contribution in [0.3, 0.4) is 0 Å². The number of nitro groups is 1. The molecule has 31 heavy (non-hydrogen) atoms. The number of nitro benzene ring substituents is 1. The second-order valence-corrected chi connectivity index (χ2v) is 7.25. The van der Waals surface area contributed by atoms with Crippen LogP contribution in [0, 0.1) is 10.1 Å². The van der Waals surface area contributed by atoms with Crippen molar-refractivity contribution in [3.8, 4) is 11.5 Å². The summed E-state index contributed by atoms with van der Waals surface area (Å²) in [6, 6.07) is 10.4. The van der Waals surface area contributed by atoms with Crippen molar-refractivity contribution < 1.29 is 33.9 Å². The van der Waals surface area contributed by atoms with Gasteiger partial charge in [0.05, 0.1) is 23.5 Å². The maximum Gasteiger partial charge on any atom is 0.341 e. The summed E-state index contributed by atoms with van der Waals surface area (Å²) in [6.45, 7) is -0.649. The van der Waals surface area contributed by atoms with Gasteiger partial charge in [-0.2, -0.15) is 0 Å². The van der Waals surface area contributed by atoms with Crippen LogP contribution in [0.5, 0.6) is 11.5 Å². The molecule has 160 valence electrons. The van der Waals surface area contributed by atoms with E-state index in [1.54, 1.807) is 18.2 Å². The third-order valence-electron chi connectivity index (χ3n) is 4.22. The van der Waals surface area contributed by atoms with E-state index in [0.717, 1.165) is 16.7 Å². The lowest BCUT2D eigenvalue weighted by Gasteiger charge is -2.13. The summed E-state index contributed by atoms with van der Waals surface area (Å²) in [4.78, 5) is 47.4. The quantitative estimate of drug-likeness (QED) is 0.369. The van der Waals surface area contributed by atoms with Crippen molar-refractivity contribution in [1.29, 1.82) is 0 Å². The predicted octanol–water partition coefficient (Wildman–Crippen LogP) is 3.30. The Morgan fingerprint density at radius 3 is 2.55 bits per heavy atom. The van der Waals surface area contributed by atoms with E-state index in [1.165, 1.54) is 37.5 Å². The number of carboxylic acid groups (broad SMARTS) is 1. The first-order valence-corrected chi connectivity index (χ1v) is 9.62. The largest absolute Gasteiger partial charge is 0.493 e. The van der Waals surface area contributed by atoms with Gasteiger partial charge in [0.15, 0.2) is 18.1 Å². The Labute approximate surface area is 180 Å². The number of hydrogen-bond acceptors (Lipinski definition) is 8. The minimum Gasteiger partial charge on any atom is -0.493 e. The molecule has 11 heteroatoms. The van der Waals surface area contributed by atoms with Crippen LogP contribution >= 0.6 is 11.8 Å². The Bertz CT molecular complexity index is 1080. The second-order valence-electron chi connectivity index (χ2n) is 6.25. The number of para-hydroxylation sites is 1. The molecule has 2 aromatic rings. The van der Waals surface area contributed by atoms with Gasteiger partial charge >= 0.3 is 5.97 Å². The molecule has 1 N–H and O–H groups in total. The van der Waals surface area contributed by atoms with Crippen molar-refractivity contribution >= 4 is 40.6 Å². The number of nitrogens with zero attached hydrogens (tertiary/aromatic N) is 2. The van der Waals surface area contributed by atoms with Crippen molar-refractivity contribution in [3.63, 3.8) is 0 Å². The zero-order valence-electron chi connectivity index (χ0n) is 16.1. The number of carboxylic acids is 1. The Balaban J connectivity index is 1.84. The smallest absolute Gasteiger partial charge is 0.341 e. The number of carbonyl (C=O) groups excluding carboxylic acids is 2. The Kier molecular flexibility index (Phi) is 6.55. The second kappa shape index (κ2) is 9.30. The van der Waals surface area contributed by atoms with Gasteiger partial charge in [-0.05, 0) is 29.5 Å². The first-order valence-electron chi connectivity index (χ1n) is 8.80. The Morgan fingerprint density at radius 1 is 1.23 bits per heavy atom. The van der Waals surface area contributed by atoms with E-state index in [9.17, 15) is 24.5 Å². The van der Waals surface area contributed by atoms with Gasteiger partial charge in [0.2, 0.25) is 0 Å². The number of non-ortho nitro benzene ring substituents is 1. The van der Waals surface area contributed by atoms with Crippen LogP contribution in [0.15, 0.2) is 47.4 Å². The normalized spacial score (nSPS) is 14.7. The number of amides is 2. The average Bonchev–Trinajstić information content (AvgIpc) is 3.00. The molecule has 2 amide bonds. The summed E-state index contributed by atoms with van der Waals surface area (Å²) >= 11 is 0.728. The molecule has 1 saturated heterocycles. The average molecular weight is 444 g/mol. The van der Waals surface area contributed by atoms with Crippen molar-refractivity contribution in [2.24, 2.45) is 0 Å². The lowest BCUT2D eigenvalue weighted by atomic mass is 10.1. The fourth-order valence-electron chi connectivity index (χ4n) is 2.78. The molecule has 1 aliphatic rings. The number of benzene rings is 2. The fraction of sp³-hybridized carbons (Fsp3) is 0.150.